The Kier molecular flexibility index (Phi) is 15.1. The number of nitrogens with zero attached hydrogens (tertiary/aromatic N) is 2. The summed E-state index contributed by atoms with van der Waals surface area (Å²) in [6, 6.07) is 29.2. The SMILES string of the molecule is C#CC(C)(C)C.C=Nc1ccccc1.CC(C)(C)CC=Nc1ccccc1.Nc1ccccc1. The average Bonchev–Trinajstić information content (AvgIpc) is 2.81. The van der Waals surface area contributed by atoms with Gasteiger partial charge in [-0.1, -0.05) is 75.4 Å². The van der Waals surface area contributed by atoms with Crippen molar-refractivity contribution in [1.82, 2.24) is 0 Å². The van der Waals surface area contributed by atoms with Crippen molar-refractivity contribution in [2.24, 2.45) is 20.8 Å². The van der Waals surface area contributed by atoms with Crippen LogP contribution in [0.4, 0.5) is 17.1 Å². The molecule has 2 N–H and O–H groups in total. The maximum absolute atomic E-state index is 5.36. The number of hydrogen-bond donors (Lipinski definition) is 1. The van der Waals surface area contributed by atoms with Crippen molar-refractivity contribution < 1.29 is 0 Å². The van der Waals surface area contributed by atoms with Crippen molar-refractivity contribution in [1.29, 1.82) is 0 Å². The van der Waals surface area contributed by atoms with E-state index in [-0.39, 0.29) is 5.41 Å². The summed E-state index contributed by atoms with van der Waals surface area (Å²) < 4.78 is 0. The molecule has 0 fully saturated rings. The Balaban J connectivity index is 0.000000450. The summed E-state index contributed by atoms with van der Waals surface area (Å²) in [5.41, 5.74) is 8.54. The number of anilines is 1. The van der Waals surface area contributed by atoms with Crippen LogP contribution in [-0.4, -0.2) is 12.9 Å². The molecular formula is C31H41N3. The van der Waals surface area contributed by atoms with Gasteiger partial charge in [0.1, 0.15) is 0 Å². The standard InChI is InChI=1S/C12H17N.C7H7N.C6H7N.C6H10/c1-12(2,3)9-10-13-11-7-5-4-6-8-11;1-8-7-5-3-2-4-6-7;7-6-4-2-1-3-5-6;1-5-6(2,3)4/h4-8,10H,9H2,1-3H3;2-6H,1H2;1-5H,7H2;1H,2-4H3. The van der Waals surface area contributed by atoms with E-state index in [1.54, 1.807) is 0 Å². The van der Waals surface area contributed by atoms with E-state index in [1.165, 1.54) is 0 Å². The third kappa shape index (κ3) is 20.3. The lowest BCUT2D eigenvalue weighted by Gasteiger charge is -2.13. The van der Waals surface area contributed by atoms with Crippen LogP contribution in [0.15, 0.2) is 101 Å². The summed E-state index contributed by atoms with van der Waals surface area (Å²) in [5.74, 6) is 2.60. The van der Waals surface area contributed by atoms with Crippen molar-refractivity contribution in [2.75, 3.05) is 5.73 Å². The molecule has 0 saturated heterocycles. The van der Waals surface area contributed by atoms with E-state index in [9.17, 15) is 0 Å². The van der Waals surface area contributed by atoms with Gasteiger partial charge in [0.15, 0.2) is 0 Å². The molecule has 0 bridgehead atoms. The quantitative estimate of drug-likeness (QED) is 0.239. The van der Waals surface area contributed by atoms with Gasteiger partial charge >= 0.3 is 0 Å². The van der Waals surface area contributed by atoms with Crippen molar-refractivity contribution in [2.45, 2.75) is 48.0 Å². The molecule has 0 saturated carbocycles. The van der Waals surface area contributed by atoms with Crippen molar-refractivity contribution in [3.05, 3.63) is 91.0 Å². The molecule has 3 aromatic rings. The number of rotatable bonds is 3. The summed E-state index contributed by atoms with van der Waals surface area (Å²) in [6.07, 6.45) is 8.07. The third-order valence-corrected chi connectivity index (χ3v) is 3.87. The van der Waals surface area contributed by atoms with E-state index in [2.05, 4.69) is 43.4 Å². The van der Waals surface area contributed by atoms with Crippen LogP contribution in [0, 0.1) is 23.2 Å². The fourth-order valence-electron chi connectivity index (χ4n) is 1.93. The highest BCUT2D eigenvalue weighted by atomic mass is 14.7. The predicted molar refractivity (Wildman–Crippen MR) is 153 cm³/mol. The molecule has 0 aliphatic rings. The summed E-state index contributed by atoms with van der Waals surface area (Å²) in [6.45, 7) is 16.0. The molecule has 3 heteroatoms. The molecule has 0 unspecified atom stereocenters. The fraction of sp³-hybridized carbons (Fsp3) is 0.290. The van der Waals surface area contributed by atoms with Crippen LogP contribution < -0.4 is 5.73 Å². The van der Waals surface area contributed by atoms with E-state index in [4.69, 9.17) is 12.2 Å². The van der Waals surface area contributed by atoms with E-state index in [1.807, 2.05) is 118 Å². The lowest BCUT2D eigenvalue weighted by molar-refractivity contribution is 0.437. The van der Waals surface area contributed by atoms with Gasteiger partial charge in [-0.3, -0.25) is 9.98 Å². The zero-order valence-corrected chi connectivity index (χ0v) is 21.7. The minimum atomic E-state index is 0.0694. The summed E-state index contributed by atoms with van der Waals surface area (Å²) in [4.78, 5) is 8.09. The summed E-state index contributed by atoms with van der Waals surface area (Å²) in [5, 5.41) is 0. The Morgan fingerprint density at radius 2 is 1.15 bits per heavy atom. The second kappa shape index (κ2) is 16.9. The minimum absolute atomic E-state index is 0.0694. The summed E-state index contributed by atoms with van der Waals surface area (Å²) in [7, 11) is 0. The fourth-order valence-corrected chi connectivity index (χ4v) is 1.93. The molecule has 0 heterocycles. The van der Waals surface area contributed by atoms with Gasteiger partial charge in [0.25, 0.3) is 0 Å². The first-order valence-electron chi connectivity index (χ1n) is 11.3. The molecule has 180 valence electrons. The van der Waals surface area contributed by atoms with Crippen LogP contribution in [-0.2, 0) is 0 Å². The molecule has 0 aliphatic heterocycles. The molecular weight excluding hydrogens is 414 g/mol. The Labute approximate surface area is 207 Å². The second-order valence-electron chi connectivity index (χ2n) is 9.71. The van der Waals surface area contributed by atoms with Crippen LogP contribution >= 0.6 is 0 Å². The van der Waals surface area contributed by atoms with Crippen molar-refractivity contribution >= 4 is 30.0 Å². The molecule has 34 heavy (non-hydrogen) atoms. The van der Waals surface area contributed by atoms with Gasteiger partial charge in [-0.25, -0.2) is 0 Å². The highest BCUT2D eigenvalue weighted by Crippen LogP contribution is 2.17. The average molecular weight is 456 g/mol. The van der Waals surface area contributed by atoms with Crippen molar-refractivity contribution in [3.63, 3.8) is 0 Å². The van der Waals surface area contributed by atoms with Gasteiger partial charge in [-0.05, 0) is 75.7 Å². The zero-order chi connectivity index (χ0) is 25.9. The number of aliphatic imine (C=N–C) groups is 2. The van der Waals surface area contributed by atoms with Crippen LogP contribution in [0.25, 0.3) is 0 Å². The normalized spacial score (nSPS) is 10.3. The first kappa shape index (κ1) is 30.4. The van der Waals surface area contributed by atoms with Gasteiger partial charge in [0, 0.05) is 17.3 Å². The number of terminal acetylenes is 1. The number of benzene rings is 3. The van der Waals surface area contributed by atoms with Gasteiger partial charge in [0.2, 0.25) is 0 Å². The lowest BCUT2D eigenvalue weighted by atomic mass is 9.93. The first-order valence-corrected chi connectivity index (χ1v) is 11.3. The molecule has 0 aromatic heterocycles. The van der Waals surface area contributed by atoms with E-state index < -0.39 is 0 Å². The molecule has 0 aliphatic carbocycles. The minimum Gasteiger partial charge on any atom is -0.399 e. The summed E-state index contributed by atoms with van der Waals surface area (Å²) >= 11 is 0. The highest BCUT2D eigenvalue weighted by molar-refractivity contribution is 5.63. The van der Waals surface area contributed by atoms with Crippen molar-refractivity contribution in [3.8, 4) is 12.3 Å². The first-order chi connectivity index (χ1) is 16.0. The largest absolute Gasteiger partial charge is 0.399 e. The van der Waals surface area contributed by atoms with E-state index in [0.717, 1.165) is 23.5 Å². The maximum atomic E-state index is 5.36. The Morgan fingerprint density at radius 3 is 1.41 bits per heavy atom. The number of para-hydroxylation sites is 3. The predicted octanol–water partition coefficient (Wildman–Crippen LogP) is 8.78. The maximum Gasteiger partial charge on any atom is 0.0625 e. The second-order valence-corrected chi connectivity index (χ2v) is 9.71. The smallest absolute Gasteiger partial charge is 0.0625 e. The van der Waals surface area contributed by atoms with Crippen LogP contribution in [0.2, 0.25) is 0 Å². The molecule has 0 spiro atoms. The number of nitrogens with two attached hydrogens (primary N) is 1. The van der Waals surface area contributed by atoms with Crippen LogP contribution in [0.3, 0.4) is 0 Å². The van der Waals surface area contributed by atoms with Gasteiger partial charge in [-0.15, -0.1) is 12.3 Å². The Morgan fingerprint density at radius 1 is 0.765 bits per heavy atom. The molecule has 3 nitrogen and oxygen atoms in total. The zero-order valence-electron chi connectivity index (χ0n) is 21.7. The Hall–Kier alpha value is -3.64. The van der Waals surface area contributed by atoms with Crippen LogP contribution in [0.5, 0.6) is 0 Å². The molecule has 3 rings (SSSR count). The molecule has 0 amide bonds. The van der Waals surface area contributed by atoms with E-state index >= 15 is 0 Å². The van der Waals surface area contributed by atoms with Gasteiger partial charge < -0.3 is 5.73 Å². The Bertz CT molecular complexity index is 956. The highest BCUT2D eigenvalue weighted by Gasteiger charge is 2.06. The van der Waals surface area contributed by atoms with Gasteiger partial charge in [0.05, 0.1) is 11.4 Å². The molecule has 3 aromatic carbocycles. The lowest BCUT2D eigenvalue weighted by Crippen LogP contribution is -2.04. The topological polar surface area (TPSA) is 50.7 Å². The van der Waals surface area contributed by atoms with Gasteiger partial charge in [-0.2, -0.15) is 0 Å². The van der Waals surface area contributed by atoms with E-state index in [0.29, 0.717) is 5.41 Å². The monoisotopic (exact) mass is 455 g/mol. The van der Waals surface area contributed by atoms with Crippen LogP contribution in [0.1, 0.15) is 48.0 Å². The molecule has 0 radical (unpaired) electrons. The number of hydrogen-bond acceptors (Lipinski definition) is 3. The number of nitrogen functional groups attached to an aromatic ring is 1. The molecule has 0 atom stereocenters. The third-order valence-electron chi connectivity index (χ3n) is 3.87.